The summed E-state index contributed by atoms with van der Waals surface area (Å²) in [7, 11) is -1.04. The molecular weight excluding hydrogens is 237 g/mol. The van der Waals surface area contributed by atoms with Crippen molar-refractivity contribution < 1.29 is 53.5 Å². The first-order valence-electron chi connectivity index (χ1n) is 4.98. The van der Waals surface area contributed by atoms with Gasteiger partial charge in [0.25, 0.3) is 0 Å². The molecule has 0 radical (unpaired) electrons. The Bertz CT molecular complexity index is 495. The molecule has 0 saturated heterocycles. The van der Waals surface area contributed by atoms with Gasteiger partial charge in [0.05, 0.1) is 11.5 Å². The Morgan fingerprint density at radius 1 is 1.59 bits per heavy atom. The number of carboxylic acid groups (broad SMARTS) is 1. The normalized spacial score (nSPS) is 24.0. The summed E-state index contributed by atoms with van der Waals surface area (Å²) in [5.41, 5.74) is 0.0535. The van der Waals surface area contributed by atoms with E-state index in [1.54, 1.807) is 0 Å². The standard InChI is InChI=1S/C10H8BFO4.Na/c12-7-2-1-4-5-3-6(5)11(15)16-9(4)8(7)10(13)14;/h1-2,5-6,15H,3H2,(H,13,14);/q;+1/p-1/t5-,6-;/m1./s1. The van der Waals surface area contributed by atoms with Crippen molar-refractivity contribution >= 4 is 13.1 Å². The summed E-state index contributed by atoms with van der Waals surface area (Å²) in [6, 6.07) is 2.61. The summed E-state index contributed by atoms with van der Waals surface area (Å²) in [6.45, 7) is 0. The van der Waals surface area contributed by atoms with Crippen molar-refractivity contribution in [3.8, 4) is 5.75 Å². The minimum absolute atomic E-state index is 0. The van der Waals surface area contributed by atoms with E-state index in [0.29, 0.717) is 5.56 Å². The number of carbonyl (C=O) groups excluding carboxylic acids is 1. The average Bonchev–Trinajstić information content (AvgIpc) is 2.96. The molecule has 1 aromatic carbocycles. The summed E-state index contributed by atoms with van der Waals surface area (Å²) in [5.74, 6) is -2.51. The fourth-order valence-electron chi connectivity index (χ4n) is 2.28. The van der Waals surface area contributed by atoms with E-state index < -0.39 is 24.5 Å². The predicted molar refractivity (Wildman–Crippen MR) is 50.4 cm³/mol. The van der Waals surface area contributed by atoms with Crippen molar-refractivity contribution in [2.24, 2.45) is 0 Å². The van der Waals surface area contributed by atoms with Crippen LogP contribution in [0.3, 0.4) is 0 Å². The molecule has 1 aliphatic heterocycles. The van der Waals surface area contributed by atoms with Crippen LogP contribution in [0.4, 0.5) is 4.39 Å². The monoisotopic (exact) mass is 244 g/mol. The fourth-order valence-corrected chi connectivity index (χ4v) is 2.28. The van der Waals surface area contributed by atoms with Crippen LogP contribution in [0, 0.1) is 5.82 Å². The van der Waals surface area contributed by atoms with Gasteiger partial charge in [-0.15, -0.1) is 0 Å². The Kier molecular flexibility index (Phi) is 3.24. The second kappa shape index (κ2) is 4.28. The van der Waals surface area contributed by atoms with E-state index >= 15 is 0 Å². The summed E-state index contributed by atoms with van der Waals surface area (Å²) in [4.78, 5) is 10.8. The van der Waals surface area contributed by atoms with Crippen molar-refractivity contribution in [2.75, 3.05) is 0 Å². The van der Waals surface area contributed by atoms with Gasteiger partial charge in [-0.05, 0) is 24.0 Å². The molecule has 7 heteroatoms. The van der Waals surface area contributed by atoms with Crippen LogP contribution in [0.5, 0.6) is 5.75 Å². The van der Waals surface area contributed by atoms with Crippen LogP contribution < -0.4 is 39.3 Å². The third-order valence-corrected chi connectivity index (χ3v) is 3.19. The Morgan fingerprint density at radius 3 is 2.94 bits per heavy atom. The SMILES string of the molecule is O=C([O-])c1c(F)ccc2c1OB(O)[C@@H]1C[C@H]21.[Na+]. The first kappa shape index (κ1) is 12.9. The topological polar surface area (TPSA) is 69.6 Å². The summed E-state index contributed by atoms with van der Waals surface area (Å²) in [5, 5.41) is 20.3. The van der Waals surface area contributed by atoms with Gasteiger partial charge in [-0.1, -0.05) is 6.07 Å². The second-order valence-electron chi connectivity index (χ2n) is 4.14. The molecule has 1 aromatic rings. The Hall–Kier alpha value is -0.555. The van der Waals surface area contributed by atoms with E-state index in [-0.39, 0.29) is 47.0 Å². The van der Waals surface area contributed by atoms with Gasteiger partial charge in [0, 0.05) is 5.82 Å². The van der Waals surface area contributed by atoms with Gasteiger partial charge in [-0.25, -0.2) is 4.39 Å². The number of rotatable bonds is 1. The molecule has 2 atom stereocenters. The Morgan fingerprint density at radius 2 is 2.29 bits per heavy atom. The molecule has 4 nitrogen and oxygen atoms in total. The molecule has 0 amide bonds. The molecule has 0 unspecified atom stereocenters. The van der Waals surface area contributed by atoms with Crippen molar-refractivity contribution in [3.05, 3.63) is 29.1 Å². The van der Waals surface area contributed by atoms with Crippen LogP contribution in [0.1, 0.15) is 28.3 Å². The zero-order valence-corrected chi connectivity index (χ0v) is 11.1. The van der Waals surface area contributed by atoms with E-state index in [4.69, 9.17) is 4.65 Å². The predicted octanol–water partition coefficient (Wildman–Crippen LogP) is -3.08. The van der Waals surface area contributed by atoms with Gasteiger partial charge in [0.2, 0.25) is 0 Å². The van der Waals surface area contributed by atoms with Crippen molar-refractivity contribution in [1.29, 1.82) is 0 Å². The third-order valence-electron chi connectivity index (χ3n) is 3.19. The largest absolute Gasteiger partial charge is 1.00 e. The zero-order valence-electron chi connectivity index (χ0n) is 9.14. The number of halogens is 1. The maximum absolute atomic E-state index is 13.3. The first-order chi connectivity index (χ1) is 7.59. The number of carboxylic acids is 1. The molecule has 1 aliphatic carbocycles. The summed E-state index contributed by atoms with van der Waals surface area (Å²) < 4.78 is 18.4. The zero-order chi connectivity index (χ0) is 11.4. The van der Waals surface area contributed by atoms with Crippen LogP contribution in [-0.4, -0.2) is 18.1 Å². The maximum atomic E-state index is 13.3. The molecule has 1 saturated carbocycles. The quantitative estimate of drug-likeness (QED) is 0.532. The van der Waals surface area contributed by atoms with E-state index in [1.807, 2.05) is 0 Å². The van der Waals surface area contributed by atoms with Crippen LogP contribution in [0.2, 0.25) is 5.82 Å². The number of aromatic carboxylic acids is 1. The molecule has 0 bridgehead atoms. The molecular formula is C10H7BFNaO4. The van der Waals surface area contributed by atoms with E-state index in [1.165, 1.54) is 6.07 Å². The van der Waals surface area contributed by atoms with E-state index in [2.05, 4.69) is 0 Å². The molecule has 1 heterocycles. The second-order valence-corrected chi connectivity index (χ2v) is 4.14. The number of hydrogen-bond donors (Lipinski definition) is 1. The van der Waals surface area contributed by atoms with Gasteiger partial charge >= 0.3 is 36.7 Å². The third kappa shape index (κ3) is 1.89. The number of carbonyl (C=O) groups is 1. The van der Waals surface area contributed by atoms with Gasteiger partial charge in [-0.3, -0.25) is 0 Å². The van der Waals surface area contributed by atoms with Crippen LogP contribution >= 0.6 is 0 Å². The maximum Gasteiger partial charge on any atom is 1.00 e. The van der Waals surface area contributed by atoms with Gasteiger partial charge in [-0.2, -0.15) is 0 Å². The molecule has 82 valence electrons. The van der Waals surface area contributed by atoms with Crippen LogP contribution in [0.25, 0.3) is 0 Å². The molecule has 0 aromatic heterocycles. The summed E-state index contributed by atoms with van der Waals surface area (Å²) in [6.07, 6.45) is 0.742. The number of hydrogen-bond acceptors (Lipinski definition) is 4. The van der Waals surface area contributed by atoms with Gasteiger partial charge < -0.3 is 19.6 Å². The van der Waals surface area contributed by atoms with Gasteiger partial charge in [0.15, 0.2) is 0 Å². The van der Waals surface area contributed by atoms with E-state index in [0.717, 1.165) is 12.5 Å². The minimum atomic E-state index is -1.62. The molecule has 3 rings (SSSR count). The molecule has 1 N–H and O–H groups in total. The molecule has 2 aliphatic rings. The van der Waals surface area contributed by atoms with Crippen LogP contribution in [-0.2, 0) is 0 Å². The van der Waals surface area contributed by atoms with Crippen molar-refractivity contribution in [3.63, 3.8) is 0 Å². The van der Waals surface area contributed by atoms with E-state index in [9.17, 15) is 19.3 Å². The number of benzene rings is 1. The smallest absolute Gasteiger partial charge is 0.545 e. The first-order valence-corrected chi connectivity index (χ1v) is 4.98. The molecule has 1 fully saturated rings. The van der Waals surface area contributed by atoms with Crippen LogP contribution in [0.15, 0.2) is 12.1 Å². The average molecular weight is 244 g/mol. The van der Waals surface area contributed by atoms with Gasteiger partial charge in [0.1, 0.15) is 11.6 Å². The Labute approximate surface area is 119 Å². The molecule has 0 spiro atoms. The fraction of sp³-hybridized carbons (Fsp3) is 0.300. The number of fused-ring (bicyclic) bond motifs is 3. The molecule has 17 heavy (non-hydrogen) atoms. The Balaban J connectivity index is 0.00000108. The minimum Gasteiger partial charge on any atom is -0.545 e. The van der Waals surface area contributed by atoms with Crippen molar-refractivity contribution in [2.45, 2.75) is 18.2 Å². The van der Waals surface area contributed by atoms with Crippen molar-refractivity contribution in [1.82, 2.24) is 0 Å². The summed E-state index contributed by atoms with van der Waals surface area (Å²) >= 11 is 0.